The number of carbonyl (C=O) groups is 3. The molecular formula is C47H88O6. The summed E-state index contributed by atoms with van der Waals surface area (Å²) < 4.78 is 16.7. The van der Waals surface area contributed by atoms with Gasteiger partial charge in [0.15, 0.2) is 6.10 Å². The maximum absolute atomic E-state index is 12.7. The Morgan fingerprint density at radius 3 is 0.962 bits per heavy atom. The lowest BCUT2D eigenvalue weighted by atomic mass is 10.1. The number of ether oxygens (including phenoxy) is 3. The molecule has 0 unspecified atom stereocenters. The maximum atomic E-state index is 12.7. The van der Waals surface area contributed by atoms with Gasteiger partial charge in [-0.15, -0.1) is 0 Å². The Morgan fingerprint density at radius 1 is 0.358 bits per heavy atom. The number of esters is 3. The summed E-state index contributed by atoms with van der Waals surface area (Å²) in [6.45, 7) is 6.61. The smallest absolute Gasteiger partial charge is 0.306 e. The van der Waals surface area contributed by atoms with Gasteiger partial charge in [0.2, 0.25) is 0 Å². The molecule has 0 aliphatic carbocycles. The van der Waals surface area contributed by atoms with Gasteiger partial charge in [-0.05, 0) is 44.9 Å². The molecule has 0 fully saturated rings. The van der Waals surface area contributed by atoms with E-state index in [4.69, 9.17) is 14.2 Å². The molecule has 0 atom stereocenters. The second-order valence-corrected chi connectivity index (χ2v) is 15.7. The molecule has 0 aromatic carbocycles. The van der Waals surface area contributed by atoms with Crippen LogP contribution in [-0.2, 0) is 28.6 Å². The third-order valence-corrected chi connectivity index (χ3v) is 10.3. The zero-order valence-corrected chi connectivity index (χ0v) is 35.6. The largest absolute Gasteiger partial charge is 0.462 e. The third kappa shape index (κ3) is 41.2. The molecule has 0 heterocycles. The minimum atomic E-state index is -0.765. The molecule has 312 valence electrons. The van der Waals surface area contributed by atoms with Crippen molar-refractivity contribution in [2.45, 2.75) is 258 Å². The van der Waals surface area contributed by atoms with Crippen LogP contribution in [0.25, 0.3) is 0 Å². The van der Waals surface area contributed by atoms with Gasteiger partial charge in [-0.25, -0.2) is 0 Å². The van der Waals surface area contributed by atoms with Gasteiger partial charge in [-0.3, -0.25) is 14.4 Å². The summed E-state index contributed by atoms with van der Waals surface area (Å²) in [6, 6.07) is 0. The van der Waals surface area contributed by atoms with E-state index in [1.165, 1.54) is 148 Å². The Labute approximate surface area is 329 Å². The van der Waals surface area contributed by atoms with Gasteiger partial charge in [0.05, 0.1) is 0 Å². The summed E-state index contributed by atoms with van der Waals surface area (Å²) in [6.07, 6.45) is 44.7. The number of unbranched alkanes of at least 4 members (excludes halogenated alkanes) is 29. The van der Waals surface area contributed by atoms with Crippen LogP contribution in [0.1, 0.15) is 252 Å². The van der Waals surface area contributed by atoms with Crippen LogP contribution in [0.15, 0.2) is 12.2 Å². The molecular weight excluding hydrogens is 661 g/mol. The predicted molar refractivity (Wildman–Crippen MR) is 224 cm³/mol. The van der Waals surface area contributed by atoms with E-state index in [0.717, 1.165) is 64.2 Å². The number of carbonyl (C=O) groups excluding carboxylic acids is 3. The van der Waals surface area contributed by atoms with E-state index < -0.39 is 6.10 Å². The Balaban J connectivity index is 4.35. The molecule has 0 aliphatic heterocycles. The fourth-order valence-corrected chi connectivity index (χ4v) is 6.73. The van der Waals surface area contributed by atoms with Crippen LogP contribution in [-0.4, -0.2) is 37.2 Å². The summed E-state index contributed by atoms with van der Waals surface area (Å²) in [7, 11) is 0. The van der Waals surface area contributed by atoms with Crippen molar-refractivity contribution in [1.29, 1.82) is 0 Å². The monoisotopic (exact) mass is 749 g/mol. The van der Waals surface area contributed by atoms with E-state index in [9.17, 15) is 14.4 Å². The fraction of sp³-hybridized carbons (Fsp3) is 0.894. The van der Waals surface area contributed by atoms with Crippen LogP contribution in [0.2, 0.25) is 0 Å². The molecule has 6 nitrogen and oxygen atoms in total. The highest BCUT2D eigenvalue weighted by Gasteiger charge is 2.19. The van der Waals surface area contributed by atoms with Crippen molar-refractivity contribution in [3.05, 3.63) is 12.2 Å². The Morgan fingerprint density at radius 2 is 0.623 bits per heavy atom. The van der Waals surface area contributed by atoms with Crippen LogP contribution >= 0.6 is 0 Å². The van der Waals surface area contributed by atoms with Crippen molar-refractivity contribution in [2.75, 3.05) is 13.2 Å². The van der Waals surface area contributed by atoms with Crippen molar-refractivity contribution < 1.29 is 28.6 Å². The molecule has 0 saturated heterocycles. The molecule has 0 rings (SSSR count). The normalized spacial score (nSPS) is 11.5. The number of rotatable bonds is 42. The van der Waals surface area contributed by atoms with E-state index >= 15 is 0 Å². The SMILES string of the molecule is CCCCCC/C=C\CCCCCCCC(=O)OC(COC(=O)CCCCCCCCCCCCC)COC(=O)CCCCCCCCCCCCC. The molecule has 0 bridgehead atoms. The standard InChI is InChI=1S/C47H88O6/c1-4-7-10-13-16-19-22-23-26-29-32-35-38-41-47(50)53-44(42-51-45(48)39-36-33-30-27-24-20-17-14-11-8-5-2)43-52-46(49)40-37-34-31-28-25-21-18-15-12-9-6-3/h19,22,44H,4-18,20-21,23-43H2,1-3H3/b22-19-. The van der Waals surface area contributed by atoms with Crippen molar-refractivity contribution in [3.8, 4) is 0 Å². The maximum Gasteiger partial charge on any atom is 0.306 e. The second-order valence-electron chi connectivity index (χ2n) is 15.7. The zero-order chi connectivity index (χ0) is 38.7. The topological polar surface area (TPSA) is 78.9 Å². The fourth-order valence-electron chi connectivity index (χ4n) is 6.73. The number of hydrogen-bond acceptors (Lipinski definition) is 6. The summed E-state index contributed by atoms with van der Waals surface area (Å²) in [5.74, 6) is -0.870. The quantitative estimate of drug-likeness (QED) is 0.0268. The summed E-state index contributed by atoms with van der Waals surface area (Å²) in [4.78, 5) is 37.7. The van der Waals surface area contributed by atoms with Crippen LogP contribution in [0.4, 0.5) is 0 Å². The van der Waals surface area contributed by atoms with Crippen LogP contribution in [0.3, 0.4) is 0 Å². The van der Waals surface area contributed by atoms with Gasteiger partial charge < -0.3 is 14.2 Å². The molecule has 0 spiro atoms. The summed E-state index contributed by atoms with van der Waals surface area (Å²) in [5, 5.41) is 0. The first kappa shape index (κ1) is 51.1. The van der Waals surface area contributed by atoms with Crippen molar-refractivity contribution in [1.82, 2.24) is 0 Å². The lowest BCUT2D eigenvalue weighted by Crippen LogP contribution is -2.30. The van der Waals surface area contributed by atoms with Gasteiger partial charge >= 0.3 is 17.9 Å². The van der Waals surface area contributed by atoms with Gasteiger partial charge in [-0.1, -0.05) is 200 Å². The van der Waals surface area contributed by atoms with Gasteiger partial charge in [0.25, 0.3) is 0 Å². The van der Waals surface area contributed by atoms with Gasteiger partial charge in [0, 0.05) is 19.3 Å². The predicted octanol–water partition coefficient (Wildman–Crippen LogP) is 14.6. The van der Waals surface area contributed by atoms with E-state index in [2.05, 4.69) is 32.9 Å². The Kier molecular flexibility index (Phi) is 41.4. The lowest BCUT2D eigenvalue weighted by molar-refractivity contribution is -0.167. The molecule has 0 radical (unpaired) electrons. The molecule has 53 heavy (non-hydrogen) atoms. The van der Waals surface area contributed by atoms with E-state index in [0.29, 0.717) is 19.3 Å². The number of allylic oxidation sites excluding steroid dienone is 2. The Bertz CT molecular complexity index is 782. The van der Waals surface area contributed by atoms with Crippen molar-refractivity contribution in [3.63, 3.8) is 0 Å². The third-order valence-electron chi connectivity index (χ3n) is 10.3. The van der Waals surface area contributed by atoms with E-state index in [1.54, 1.807) is 0 Å². The molecule has 6 heteroatoms. The molecule has 0 aromatic heterocycles. The van der Waals surface area contributed by atoms with Crippen LogP contribution in [0.5, 0.6) is 0 Å². The molecule has 0 aromatic rings. The highest BCUT2D eigenvalue weighted by Crippen LogP contribution is 2.15. The molecule has 0 saturated carbocycles. The first-order valence-electron chi connectivity index (χ1n) is 23.2. The summed E-state index contributed by atoms with van der Waals surface area (Å²) >= 11 is 0. The highest BCUT2D eigenvalue weighted by atomic mass is 16.6. The first-order valence-corrected chi connectivity index (χ1v) is 23.2. The van der Waals surface area contributed by atoms with Crippen LogP contribution < -0.4 is 0 Å². The van der Waals surface area contributed by atoms with Crippen molar-refractivity contribution in [2.24, 2.45) is 0 Å². The number of hydrogen-bond donors (Lipinski definition) is 0. The second kappa shape index (κ2) is 42.9. The molecule has 0 aliphatic rings. The zero-order valence-electron chi connectivity index (χ0n) is 35.6. The molecule has 0 N–H and O–H groups in total. The minimum absolute atomic E-state index is 0.0690. The highest BCUT2D eigenvalue weighted by molar-refractivity contribution is 5.71. The van der Waals surface area contributed by atoms with E-state index in [1.807, 2.05) is 0 Å². The lowest BCUT2D eigenvalue weighted by Gasteiger charge is -2.18. The summed E-state index contributed by atoms with van der Waals surface area (Å²) in [5.41, 5.74) is 0. The van der Waals surface area contributed by atoms with Crippen LogP contribution in [0, 0.1) is 0 Å². The van der Waals surface area contributed by atoms with Gasteiger partial charge in [0.1, 0.15) is 13.2 Å². The van der Waals surface area contributed by atoms with Gasteiger partial charge in [-0.2, -0.15) is 0 Å². The first-order chi connectivity index (χ1) is 26.0. The minimum Gasteiger partial charge on any atom is -0.462 e. The average molecular weight is 749 g/mol. The average Bonchev–Trinajstić information content (AvgIpc) is 3.15. The molecule has 0 amide bonds. The van der Waals surface area contributed by atoms with Crippen molar-refractivity contribution >= 4 is 17.9 Å². The van der Waals surface area contributed by atoms with E-state index in [-0.39, 0.29) is 31.1 Å². The Hall–Kier alpha value is -1.85.